The summed E-state index contributed by atoms with van der Waals surface area (Å²) in [6.45, 7) is 0. The zero-order chi connectivity index (χ0) is 19.8. The smallest absolute Gasteiger partial charge is 0.406 e. The topological polar surface area (TPSA) is 74.1 Å². The summed E-state index contributed by atoms with van der Waals surface area (Å²) in [7, 11) is 1.27. The normalized spacial score (nSPS) is 12.4. The first-order valence-corrected chi connectivity index (χ1v) is 7.06. The molecule has 0 atom stereocenters. The first-order valence-electron chi connectivity index (χ1n) is 7.06. The molecular formula is C14H9F6N5O2. The molecule has 1 N–H and O–H groups in total. The third kappa shape index (κ3) is 4.02. The SMILES string of the molecule is CONc1cnc2c(n1)nc(C(F)(F)F)n2-c1ccc(OC(F)(F)F)cc1. The molecule has 0 saturated heterocycles. The van der Waals surface area contributed by atoms with Gasteiger partial charge in [0, 0.05) is 5.69 Å². The van der Waals surface area contributed by atoms with Crippen molar-refractivity contribution in [3.8, 4) is 11.4 Å². The number of imidazole rings is 1. The lowest BCUT2D eigenvalue weighted by molar-refractivity contribution is -0.274. The molecule has 0 bridgehead atoms. The molecule has 0 radical (unpaired) electrons. The summed E-state index contributed by atoms with van der Waals surface area (Å²) in [6.07, 6.45) is -8.67. The van der Waals surface area contributed by atoms with Gasteiger partial charge in [0.2, 0.25) is 5.82 Å². The Balaban J connectivity index is 2.11. The first kappa shape index (κ1) is 18.7. The minimum atomic E-state index is -4.92. The number of hydrogen-bond donors (Lipinski definition) is 1. The number of ether oxygens (including phenoxy) is 1. The maximum Gasteiger partial charge on any atom is 0.573 e. The van der Waals surface area contributed by atoms with Crippen LogP contribution < -0.4 is 10.2 Å². The average Bonchev–Trinajstić information content (AvgIpc) is 2.93. The van der Waals surface area contributed by atoms with Crippen molar-refractivity contribution in [1.29, 1.82) is 0 Å². The summed E-state index contributed by atoms with van der Waals surface area (Å²) >= 11 is 0. The van der Waals surface area contributed by atoms with E-state index in [1.165, 1.54) is 7.11 Å². The van der Waals surface area contributed by atoms with Gasteiger partial charge in [-0.25, -0.2) is 20.4 Å². The van der Waals surface area contributed by atoms with E-state index in [1.54, 1.807) is 0 Å². The minimum Gasteiger partial charge on any atom is -0.406 e. The Labute approximate surface area is 146 Å². The van der Waals surface area contributed by atoms with Crippen molar-refractivity contribution in [2.45, 2.75) is 12.5 Å². The predicted molar refractivity (Wildman–Crippen MR) is 79.0 cm³/mol. The van der Waals surface area contributed by atoms with Crippen molar-refractivity contribution in [3.05, 3.63) is 36.3 Å². The second-order valence-corrected chi connectivity index (χ2v) is 5.02. The van der Waals surface area contributed by atoms with E-state index in [4.69, 9.17) is 0 Å². The number of aromatic nitrogens is 4. The molecule has 0 aliphatic heterocycles. The lowest BCUT2D eigenvalue weighted by Crippen LogP contribution is -2.17. The van der Waals surface area contributed by atoms with E-state index in [-0.39, 0.29) is 22.8 Å². The third-order valence-electron chi connectivity index (χ3n) is 3.16. The van der Waals surface area contributed by atoms with Crippen molar-refractivity contribution in [3.63, 3.8) is 0 Å². The number of fused-ring (bicyclic) bond motifs is 1. The van der Waals surface area contributed by atoms with Gasteiger partial charge in [0.05, 0.1) is 13.3 Å². The standard InChI is InChI=1S/C14H9F6N5O2/c1-26-24-9-6-21-11-10(22-9)23-12(13(15,16)17)25(11)7-2-4-8(5-3-7)27-14(18,19)20/h2-6H,1H3,(H,22,24). The van der Waals surface area contributed by atoms with Crippen LogP contribution in [0, 0.1) is 0 Å². The number of rotatable bonds is 4. The summed E-state index contributed by atoms with van der Waals surface area (Å²) in [6, 6.07) is 3.78. The summed E-state index contributed by atoms with van der Waals surface area (Å²) in [4.78, 5) is 15.8. The zero-order valence-electron chi connectivity index (χ0n) is 13.3. The molecular weight excluding hydrogens is 384 g/mol. The number of nitrogens with one attached hydrogen (secondary N) is 1. The molecule has 2 aromatic heterocycles. The van der Waals surface area contributed by atoms with Crippen LogP contribution in [0.25, 0.3) is 17.0 Å². The molecule has 0 fully saturated rings. The van der Waals surface area contributed by atoms with Gasteiger partial charge < -0.3 is 4.74 Å². The monoisotopic (exact) mass is 393 g/mol. The van der Waals surface area contributed by atoms with E-state index in [0.29, 0.717) is 4.57 Å². The summed E-state index contributed by atoms with van der Waals surface area (Å²) in [5.41, 5.74) is 1.61. The minimum absolute atomic E-state index is 0.0253. The Morgan fingerprint density at radius 1 is 1.00 bits per heavy atom. The van der Waals surface area contributed by atoms with E-state index in [2.05, 4.69) is 30.0 Å². The number of halogens is 6. The molecule has 1 aromatic carbocycles. The quantitative estimate of drug-likeness (QED) is 0.538. The highest BCUT2D eigenvalue weighted by Crippen LogP contribution is 2.33. The lowest BCUT2D eigenvalue weighted by Gasteiger charge is -2.12. The van der Waals surface area contributed by atoms with E-state index < -0.39 is 24.1 Å². The zero-order valence-corrected chi connectivity index (χ0v) is 13.3. The second-order valence-electron chi connectivity index (χ2n) is 5.02. The van der Waals surface area contributed by atoms with Gasteiger partial charge in [0.15, 0.2) is 17.1 Å². The molecule has 144 valence electrons. The molecule has 2 heterocycles. The Morgan fingerprint density at radius 2 is 1.67 bits per heavy atom. The van der Waals surface area contributed by atoms with Gasteiger partial charge in [-0.2, -0.15) is 13.2 Å². The van der Waals surface area contributed by atoms with Crippen LogP contribution in [0.2, 0.25) is 0 Å². The van der Waals surface area contributed by atoms with E-state index >= 15 is 0 Å². The molecule has 3 rings (SSSR count). The molecule has 0 spiro atoms. The maximum atomic E-state index is 13.4. The van der Waals surface area contributed by atoms with E-state index in [9.17, 15) is 26.3 Å². The highest BCUT2D eigenvalue weighted by atomic mass is 19.4. The summed E-state index contributed by atoms with van der Waals surface area (Å²) in [5.74, 6) is -1.89. The summed E-state index contributed by atoms with van der Waals surface area (Å²) in [5, 5.41) is 0. The van der Waals surface area contributed by atoms with Crippen LogP contribution in [-0.4, -0.2) is 33.0 Å². The van der Waals surface area contributed by atoms with Crippen LogP contribution in [0.5, 0.6) is 5.75 Å². The molecule has 3 aromatic rings. The number of hydrogen-bond acceptors (Lipinski definition) is 6. The van der Waals surface area contributed by atoms with Crippen molar-refractivity contribution in [2.24, 2.45) is 0 Å². The molecule has 0 aliphatic rings. The Bertz CT molecular complexity index is 952. The molecule has 0 aliphatic carbocycles. The van der Waals surface area contributed by atoms with E-state index in [1.807, 2.05) is 0 Å². The second kappa shape index (κ2) is 6.57. The van der Waals surface area contributed by atoms with Gasteiger partial charge in [-0.1, -0.05) is 0 Å². The predicted octanol–water partition coefficient (Wildman–Crippen LogP) is 3.71. The highest BCUT2D eigenvalue weighted by Gasteiger charge is 2.39. The van der Waals surface area contributed by atoms with Gasteiger partial charge >= 0.3 is 12.5 Å². The number of anilines is 1. The Kier molecular flexibility index (Phi) is 4.55. The molecule has 13 heteroatoms. The number of benzene rings is 1. The van der Waals surface area contributed by atoms with Gasteiger partial charge in [-0.3, -0.25) is 9.40 Å². The number of nitrogens with zero attached hydrogens (tertiary/aromatic N) is 4. The number of alkyl halides is 6. The fourth-order valence-corrected chi connectivity index (χ4v) is 2.24. The summed E-state index contributed by atoms with van der Waals surface area (Å²) < 4.78 is 81.1. The molecule has 27 heavy (non-hydrogen) atoms. The lowest BCUT2D eigenvalue weighted by atomic mass is 10.3. The molecule has 0 amide bonds. The molecule has 7 nitrogen and oxygen atoms in total. The fraction of sp³-hybridized carbons (Fsp3) is 0.214. The van der Waals surface area contributed by atoms with Gasteiger partial charge in [0.1, 0.15) is 5.75 Å². The van der Waals surface area contributed by atoms with Gasteiger partial charge in [0.25, 0.3) is 0 Å². The first-order chi connectivity index (χ1) is 12.6. The molecule has 0 saturated carbocycles. The van der Waals surface area contributed by atoms with E-state index in [0.717, 1.165) is 30.5 Å². The van der Waals surface area contributed by atoms with Crippen LogP contribution in [-0.2, 0) is 11.0 Å². The van der Waals surface area contributed by atoms with Crippen LogP contribution >= 0.6 is 0 Å². The van der Waals surface area contributed by atoms with Crippen LogP contribution in [0.3, 0.4) is 0 Å². The third-order valence-corrected chi connectivity index (χ3v) is 3.16. The van der Waals surface area contributed by atoms with Crippen molar-refractivity contribution in [1.82, 2.24) is 19.5 Å². The van der Waals surface area contributed by atoms with Gasteiger partial charge in [-0.05, 0) is 24.3 Å². The Hall–Kier alpha value is -3.09. The largest absolute Gasteiger partial charge is 0.573 e. The van der Waals surface area contributed by atoms with Crippen molar-refractivity contribution in [2.75, 3.05) is 12.6 Å². The van der Waals surface area contributed by atoms with Crippen molar-refractivity contribution < 1.29 is 35.9 Å². The van der Waals surface area contributed by atoms with Crippen molar-refractivity contribution >= 4 is 17.1 Å². The van der Waals surface area contributed by atoms with Crippen LogP contribution in [0.1, 0.15) is 5.82 Å². The average molecular weight is 393 g/mol. The Morgan fingerprint density at radius 3 is 2.22 bits per heavy atom. The van der Waals surface area contributed by atoms with Gasteiger partial charge in [-0.15, -0.1) is 13.2 Å². The molecule has 0 unspecified atom stereocenters. The maximum absolute atomic E-state index is 13.4. The highest BCUT2D eigenvalue weighted by molar-refractivity contribution is 5.71. The van der Waals surface area contributed by atoms with Crippen LogP contribution in [0.4, 0.5) is 32.2 Å². The van der Waals surface area contributed by atoms with Crippen LogP contribution in [0.15, 0.2) is 30.5 Å². The fourth-order valence-electron chi connectivity index (χ4n) is 2.24.